The summed E-state index contributed by atoms with van der Waals surface area (Å²) in [6.07, 6.45) is 1.59. The van der Waals surface area contributed by atoms with Gasteiger partial charge in [0.15, 0.2) is 5.75 Å². The Morgan fingerprint density at radius 3 is 3.00 bits per heavy atom. The zero-order valence-electron chi connectivity index (χ0n) is 6.57. The minimum atomic E-state index is -0.931. The van der Waals surface area contributed by atoms with Crippen molar-refractivity contribution in [2.24, 2.45) is 0 Å². The van der Waals surface area contributed by atoms with Gasteiger partial charge >= 0.3 is 5.97 Å². The molecule has 2 heterocycles. The molecule has 0 aliphatic rings. The predicted molar refractivity (Wildman–Crippen MR) is 49.2 cm³/mol. The van der Waals surface area contributed by atoms with E-state index in [0.29, 0.717) is 10.4 Å². The molecule has 13 heavy (non-hydrogen) atoms. The molecule has 2 aromatic rings. The van der Waals surface area contributed by atoms with Gasteiger partial charge in [0.2, 0.25) is 0 Å². The van der Waals surface area contributed by atoms with E-state index in [1.165, 1.54) is 11.3 Å². The topological polar surface area (TPSA) is 73.3 Å². The number of H-pyrrole nitrogens is 1. The summed E-state index contributed by atoms with van der Waals surface area (Å²) in [6, 6.07) is 1.81. The van der Waals surface area contributed by atoms with Crippen LogP contribution in [-0.2, 0) is 11.2 Å². The second-order valence-corrected chi connectivity index (χ2v) is 3.80. The smallest absolute Gasteiger partial charge is 0.308 e. The van der Waals surface area contributed by atoms with E-state index in [1.54, 1.807) is 6.20 Å². The van der Waals surface area contributed by atoms with Crippen molar-refractivity contribution in [2.45, 2.75) is 6.42 Å². The van der Waals surface area contributed by atoms with E-state index < -0.39 is 5.97 Å². The number of nitrogens with one attached hydrogen (secondary N) is 1. The molecule has 0 atom stereocenters. The highest BCUT2D eigenvalue weighted by Crippen LogP contribution is 2.35. The fourth-order valence-corrected chi connectivity index (χ4v) is 2.26. The summed E-state index contributed by atoms with van der Waals surface area (Å²) < 4.78 is 0.883. The summed E-state index contributed by atoms with van der Waals surface area (Å²) in [4.78, 5) is 13.7. The van der Waals surface area contributed by atoms with Gasteiger partial charge in [-0.3, -0.25) is 4.79 Å². The fraction of sp³-hybridized carbons (Fsp3) is 0.125. The van der Waals surface area contributed by atoms with E-state index in [1.807, 2.05) is 6.07 Å². The molecule has 0 saturated heterocycles. The zero-order valence-corrected chi connectivity index (χ0v) is 7.39. The second-order valence-electron chi connectivity index (χ2n) is 2.66. The summed E-state index contributed by atoms with van der Waals surface area (Å²) in [6.45, 7) is 0. The van der Waals surface area contributed by atoms with Crippen LogP contribution < -0.4 is 0 Å². The van der Waals surface area contributed by atoms with E-state index in [9.17, 15) is 9.90 Å². The number of carboxylic acid groups (broad SMARTS) is 1. The first kappa shape index (κ1) is 8.12. The van der Waals surface area contributed by atoms with Crippen LogP contribution in [0.3, 0.4) is 0 Å². The van der Waals surface area contributed by atoms with Crippen LogP contribution in [0.2, 0.25) is 0 Å². The second kappa shape index (κ2) is 2.77. The third-order valence-corrected chi connectivity index (χ3v) is 2.90. The van der Waals surface area contributed by atoms with Crippen molar-refractivity contribution < 1.29 is 15.0 Å². The highest BCUT2D eigenvalue weighted by Gasteiger charge is 2.13. The van der Waals surface area contributed by atoms with E-state index in [2.05, 4.69) is 4.98 Å². The first-order chi connectivity index (χ1) is 6.18. The lowest BCUT2D eigenvalue weighted by Gasteiger charge is -1.91. The van der Waals surface area contributed by atoms with Crippen LogP contribution in [0.5, 0.6) is 5.75 Å². The zero-order chi connectivity index (χ0) is 9.42. The molecule has 0 fully saturated rings. The van der Waals surface area contributed by atoms with Gasteiger partial charge in [-0.05, 0) is 6.07 Å². The number of fused-ring (bicyclic) bond motifs is 1. The molecule has 4 nitrogen and oxygen atoms in total. The van der Waals surface area contributed by atoms with Crippen LogP contribution >= 0.6 is 11.3 Å². The number of hydrogen-bond donors (Lipinski definition) is 3. The summed E-state index contributed by atoms with van der Waals surface area (Å²) in [5, 5.41) is 18.1. The third kappa shape index (κ3) is 1.27. The molecule has 2 aromatic heterocycles. The number of hydrogen-bond acceptors (Lipinski definition) is 3. The Balaban J connectivity index is 2.51. The average molecular weight is 197 g/mol. The SMILES string of the molecule is O=C(O)Cc1sc2cc[nH]c2c1O. The first-order valence-corrected chi connectivity index (χ1v) is 4.49. The summed E-state index contributed by atoms with van der Waals surface area (Å²) in [5.74, 6) is -0.869. The van der Waals surface area contributed by atoms with Crippen molar-refractivity contribution >= 4 is 27.5 Å². The first-order valence-electron chi connectivity index (χ1n) is 3.68. The van der Waals surface area contributed by atoms with Crippen molar-refractivity contribution in [3.8, 4) is 5.75 Å². The van der Waals surface area contributed by atoms with Crippen molar-refractivity contribution in [2.75, 3.05) is 0 Å². The molecule has 0 spiro atoms. The van der Waals surface area contributed by atoms with Gasteiger partial charge in [0.1, 0.15) is 0 Å². The van der Waals surface area contributed by atoms with Crippen molar-refractivity contribution in [3.05, 3.63) is 17.1 Å². The number of aliphatic carboxylic acids is 1. The van der Waals surface area contributed by atoms with Crippen LogP contribution in [0.4, 0.5) is 0 Å². The van der Waals surface area contributed by atoms with Gasteiger partial charge in [-0.25, -0.2) is 0 Å². The maximum Gasteiger partial charge on any atom is 0.308 e. The predicted octanol–water partition coefficient (Wildman–Crippen LogP) is 1.56. The standard InChI is InChI=1S/C8H7NO3S/c10-6(11)3-5-8(12)7-4(13-5)1-2-9-7/h1-2,9,12H,3H2,(H,10,11). The minimum Gasteiger partial charge on any atom is -0.505 e. The normalized spacial score (nSPS) is 10.8. The van der Waals surface area contributed by atoms with Crippen molar-refractivity contribution in [3.63, 3.8) is 0 Å². The van der Waals surface area contributed by atoms with E-state index in [4.69, 9.17) is 5.11 Å². The number of rotatable bonds is 2. The van der Waals surface area contributed by atoms with Gasteiger partial charge in [-0.15, -0.1) is 11.3 Å². The number of aromatic hydroxyl groups is 1. The molecule has 3 N–H and O–H groups in total. The van der Waals surface area contributed by atoms with E-state index in [-0.39, 0.29) is 12.2 Å². The molecule has 0 aromatic carbocycles. The molecule has 2 rings (SSSR count). The lowest BCUT2D eigenvalue weighted by molar-refractivity contribution is -0.136. The molecule has 0 unspecified atom stereocenters. The molecule has 0 amide bonds. The summed E-state index contributed by atoms with van der Waals surface area (Å²) in [5.41, 5.74) is 0.626. The third-order valence-electron chi connectivity index (χ3n) is 1.75. The van der Waals surface area contributed by atoms with Gasteiger partial charge in [-0.1, -0.05) is 0 Å². The Bertz CT molecular complexity index is 457. The summed E-state index contributed by atoms with van der Waals surface area (Å²) in [7, 11) is 0. The highest BCUT2D eigenvalue weighted by molar-refractivity contribution is 7.19. The van der Waals surface area contributed by atoms with E-state index in [0.717, 1.165) is 4.70 Å². The molecule has 5 heteroatoms. The lowest BCUT2D eigenvalue weighted by Crippen LogP contribution is -1.97. The van der Waals surface area contributed by atoms with Crippen LogP contribution in [0.25, 0.3) is 10.2 Å². The van der Waals surface area contributed by atoms with Crippen LogP contribution in [0, 0.1) is 0 Å². The minimum absolute atomic E-state index is 0.0624. The van der Waals surface area contributed by atoms with E-state index >= 15 is 0 Å². The fourth-order valence-electron chi connectivity index (χ4n) is 1.20. The highest BCUT2D eigenvalue weighted by atomic mass is 32.1. The van der Waals surface area contributed by atoms with Crippen LogP contribution in [0.15, 0.2) is 12.3 Å². The molecule has 0 bridgehead atoms. The molecule has 0 radical (unpaired) electrons. The number of aromatic nitrogens is 1. The Hall–Kier alpha value is -1.49. The molecule has 0 aliphatic carbocycles. The molecule has 0 saturated carbocycles. The average Bonchev–Trinajstić information content (AvgIpc) is 2.56. The van der Waals surface area contributed by atoms with Crippen molar-refractivity contribution in [1.29, 1.82) is 0 Å². The largest absolute Gasteiger partial charge is 0.505 e. The van der Waals surface area contributed by atoms with Gasteiger partial charge < -0.3 is 15.2 Å². The number of aromatic amines is 1. The van der Waals surface area contributed by atoms with Crippen LogP contribution in [-0.4, -0.2) is 21.2 Å². The van der Waals surface area contributed by atoms with Gasteiger partial charge in [0.25, 0.3) is 0 Å². The van der Waals surface area contributed by atoms with Gasteiger partial charge in [0.05, 0.1) is 21.5 Å². The number of carbonyl (C=O) groups is 1. The molecular weight excluding hydrogens is 190 g/mol. The molecule has 0 aliphatic heterocycles. The lowest BCUT2D eigenvalue weighted by atomic mass is 10.3. The van der Waals surface area contributed by atoms with Gasteiger partial charge in [-0.2, -0.15) is 0 Å². The summed E-state index contributed by atoms with van der Waals surface area (Å²) >= 11 is 1.30. The van der Waals surface area contributed by atoms with Gasteiger partial charge in [0, 0.05) is 6.20 Å². The maximum atomic E-state index is 10.4. The quantitative estimate of drug-likeness (QED) is 0.684. The van der Waals surface area contributed by atoms with Crippen molar-refractivity contribution in [1.82, 2.24) is 4.98 Å². The Morgan fingerprint density at radius 2 is 2.38 bits per heavy atom. The maximum absolute atomic E-state index is 10.4. The molecule has 68 valence electrons. The number of thiophene rings is 1. The Morgan fingerprint density at radius 1 is 1.62 bits per heavy atom. The Kier molecular flexibility index (Phi) is 1.73. The number of carboxylic acids is 1. The Labute approximate surface area is 77.4 Å². The van der Waals surface area contributed by atoms with Crippen LogP contribution in [0.1, 0.15) is 4.88 Å². The monoisotopic (exact) mass is 197 g/mol. The molecular formula is C8H7NO3S.